The standard InChI is InChI=1S/C25H34N2O5.2ClH/c1-19(28)20-7-9-24(25(17-20)31-4)32-16-6-5-11-26-12-14-27(15-13-26)22-18-21(29-2)8-10-23(22)30-3;;/h7-10,17-18H,5-6,11-16H2,1-4H3;2*1H. The van der Waals surface area contributed by atoms with Crippen LogP contribution in [0.3, 0.4) is 0 Å². The summed E-state index contributed by atoms with van der Waals surface area (Å²) >= 11 is 0. The van der Waals surface area contributed by atoms with Gasteiger partial charge in [0.2, 0.25) is 0 Å². The van der Waals surface area contributed by atoms with Crippen molar-refractivity contribution in [3.05, 3.63) is 42.0 Å². The molecule has 1 aliphatic rings. The van der Waals surface area contributed by atoms with Gasteiger partial charge in [-0.2, -0.15) is 0 Å². The molecule has 1 aliphatic heterocycles. The minimum atomic E-state index is 0. The molecule has 0 aliphatic carbocycles. The first-order valence-corrected chi connectivity index (χ1v) is 11.1. The Morgan fingerprint density at radius 2 is 1.50 bits per heavy atom. The number of methoxy groups -OCH3 is 3. The lowest BCUT2D eigenvalue weighted by molar-refractivity contribution is 0.101. The van der Waals surface area contributed by atoms with Crippen LogP contribution in [0.1, 0.15) is 30.1 Å². The van der Waals surface area contributed by atoms with E-state index < -0.39 is 0 Å². The number of piperazine rings is 1. The molecule has 0 bridgehead atoms. The van der Waals surface area contributed by atoms with Crippen molar-refractivity contribution in [2.75, 3.05) is 65.6 Å². The molecule has 1 fully saturated rings. The highest BCUT2D eigenvalue weighted by Crippen LogP contribution is 2.33. The minimum absolute atomic E-state index is 0. The summed E-state index contributed by atoms with van der Waals surface area (Å²) in [6.07, 6.45) is 2.03. The van der Waals surface area contributed by atoms with E-state index in [9.17, 15) is 4.79 Å². The number of carbonyl (C=O) groups is 1. The Morgan fingerprint density at radius 1 is 0.824 bits per heavy atom. The summed E-state index contributed by atoms with van der Waals surface area (Å²) in [5, 5.41) is 0. The molecule has 2 aromatic rings. The van der Waals surface area contributed by atoms with Crippen molar-refractivity contribution in [1.29, 1.82) is 0 Å². The SMILES string of the molecule is COc1ccc(OC)c(N2CCN(CCCCOc3ccc(C(C)=O)cc3OC)CC2)c1.Cl.Cl. The van der Waals surface area contributed by atoms with Gasteiger partial charge in [0.05, 0.1) is 33.6 Å². The molecular formula is C25H36Cl2N2O5. The number of rotatable bonds is 11. The summed E-state index contributed by atoms with van der Waals surface area (Å²) in [7, 11) is 4.98. The Labute approximate surface area is 215 Å². The number of ether oxygens (including phenoxy) is 4. The molecule has 0 saturated carbocycles. The van der Waals surface area contributed by atoms with Crippen LogP contribution in [0.15, 0.2) is 36.4 Å². The van der Waals surface area contributed by atoms with E-state index >= 15 is 0 Å². The van der Waals surface area contributed by atoms with E-state index in [4.69, 9.17) is 18.9 Å². The van der Waals surface area contributed by atoms with Crippen molar-refractivity contribution in [1.82, 2.24) is 4.90 Å². The number of nitrogens with zero attached hydrogens (tertiary/aromatic N) is 2. The highest BCUT2D eigenvalue weighted by molar-refractivity contribution is 5.94. The molecule has 1 saturated heterocycles. The van der Waals surface area contributed by atoms with Crippen LogP contribution in [0.25, 0.3) is 0 Å². The molecule has 1 heterocycles. The summed E-state index contributed by atoms with van der Waals surface area (Å²) in [5.74, 6) is 3.01. The van der Waals surface area contributed by atoms with Crippen molar-refractivity contribution in [2.45, 2.75) is 19.8 Å². The number of hydrogen-bond donors (Lipinski definition) is 0. The van der Waals surface area contributed by atoms with Crippen LogP contribution >= 0.6 is 24.8 Å². The molecule has 0 atom stereocenters. The molecule has 2 aromatic carbocycles. The normalized spacial score (nSPS) is 13.4. The number of benzene rings is 2. The summed E-state index contributed by atoms with van der Waals surface area (Å²) in [5.41, 5.74) is 1.71. The van der Waals surface area contributed by atoms with Crippen molar-refractivity contribution < 1.29 is 23.7 Å². The van der Waals surface area contributed by atoms with Gasteiger partial charge >= 0.3 is 0 Å². The minimum Gasteiger partial charge on any atom is -0.497 e. The first kappa shape index (κ1) is 29.7. The van der Waals surface area contributed by atoms with Crippen LogP contribution in [0, 0.1) is 0 Å². The van der Waals surface area contributed by atoms with E-state index in [0.717, 1.165) is 62.8 Å². The molecule has 0 amide bonds. The average Bonchev–Trinajstić information content (AvgIpc) is 2.83. The zero-order valence-electron chi connectivity index (χ0n) is 20.4. The third-order valence-corrected chi connectivity index (χ3v) is 5.80. The highest BCUT2D eigenvalue weighted by atomic mass is 35.5. The fourth-order valence-corrected chi connectivity index (χ4v) is 3.88. The molecule has 0 aromatic heterocycles. The topological polar surface area (TPSA) is 60.5 Å². The van der Waals surface area contributed by atoms with E-state index in [-0.39, 0.29) is 30.6 Å². The van der Waals surface area contributed by atoms with Crippen LogP contribution in [0.5, 0.6) is 23.0 Å². The van der Waals surface area contributed by atoms with E-state index in [0.29, 0.717) is 23.7 Å². The number of Topliss-reactive ketones (excluding diaryl/α,β-unsaturated/α-hetero) is 1. The summed E-state index contributed by atoms with van der Waals surface area (Å²) in [6, 6.07) is 11.2. The van der Waals surface area contributed by atoms with Gasteiger partial charge in [-0.05, 0) is 56.6 Å². The van der Waals surface area contributed by atoms with Crippen molar-refractivity contribution in [2.24, 2.45) is 0 Å². The molecule has 190 valence electrons. The first-order chi connectivity index (χ1) is 15.5. The zero-order valence-corrected chi connectivity index (χ0v) is 22.0. The molecule has 34 heavy (non-hydrogen) atoms. The Hall–Kier alpha value is -2.35. The van der Waals surface area contributed by atoms with Gasteiger partial charge in [0.15, 0.2) is 17.3 Å². The van der Waals surface area contributed by atoms with Gasteiger partial charge in [0.25, 0.3) is 0 Å². The maximum absolute atomic E-state index is 11.5. The summed E-state index contributed by atoms with van der Waals surface area (Å²) in [4.78, 5) is 16.4. The van der Waals surface area contributed by atoms with E-state index in [1.54, 1.807) is 40.4 Å². The molecule has 7 nitrogen and oxygen atoms in total. The summed E-state index contributed by atoms with van der Waals surface area (Å²) in [6.45, 7) is 7.16. The molecular weight excluding hydrogens is 479 g/mol. The first-order valence-electron chi connectivity index (χ1n) is 11.1. The Balaban J connectivity index is 0.00000289. The molecule has 3 rings (SSSR count). The second kappa shape index (κ2) is 14.8. The predicted molar refractivity (Wildman–Crippen MR) is 140 cm³/mol. The van der Waals surface area contributed by atoms with Gasteiger partial charge in [0.1, 0.15) is 11.5 Å². The molecule has 0 N–H and O–H groups in total. The quantitative estimate of drug-likeness (QED) is 0.317. The van der Waals surface area contributed by atoms with Gasteiger partial charge < -0.3 is 23.8 Å². The van der Waals surface area contributed by atoms with E-state index in [2.05, 4.69) is 9.80 Å². The van der Waals surface area contributed by atoms with Crippen LogP contribution < -0.4 is 23.8 Å². The van der Waals surface area contributed by atoms with Crippen LogP contribution in [0.2, 0.25) is 0 Å². The fourth-order valence-electron chi connectivity index (χ4n) is 3.88. The van der Waals surface area contributed by atoms with Gasteiger partial charge in [-0.3, -0.25) is 9.69 Å². The monoisotopic (exact) mass is 514 g/mol. The molecule has 0 radical (unpaired) electrons. The lowest BCUT2D eigenvalue weighted by atomic mass is 10.1. The third-order valence-electron chi connectivity index (χ3n) is 5.80. The second-order valence-corrected chi connectivity index (χ2v) is 7.84. The Bertz CT molecular complexity index is 905. The fraction of sp³-hybridized carbons (Fsp3) is 0.480. The van der Waals surface area contributed by atoms with Gasteiger partial charge in [0, 0.05) is 37.8 Å². The van der Waals surface area contributed by atoms with E-state index in [1.807, 2.05) is 24.3 Å². The maximum atomic E-state index is 11.5. The maximum Gasteiger partial charge on any atom is 0.161 e. The number of hydrogen-bond acceptors (Lipinski definition) is 7. The predicted octanol–water partition coefficient (Wildman–Crippen LogP) is 4.74. The number of unbranched alkanes of at least 4 members (excludes halogenated alkanes) is 1. The zero-order chi connectivity index (χ0) is 22.9. The van der Waals surface area contributed by atoms with Crippen molar-refractivity contribution >= 4 is 36.3 Å². The third kappa shape index (κ3) is 7.86. The van der Waals surface area contributed by atoms with Crippen LogP contribution in [-0.2, 0) is 0 Å². The van der Waals surface area contributed by atoms with Gasteiger partial charge in [-0.25, -0.2) is 0 Å². The summed E-state index contributed by atoms with van der Waals surface area (Å²) < 4.78 is 22.2. The number of anilines is 1. The molecule has 0 spiro atoms. The van der Waals surface area contributed by atoms with Gasteiger partial charge in [-0.15, -0.1) is 24.8 Å². The number of halogens is 2. The largest absolute Gasteiger partial charge is 0.497 e. The van der Waals surface area contributed by atoms with Crippen molar-refractivity contribution in [3.8, 4) is 23.0 Å². The highest BCUT2D eigenvalue weighted by Gasteiger charge is 2.20. The lowest BCUT2D eigenvalue weighted by Gasteiger charge is -2.36. The molecule has 9 heteroatoms. The van der Waals surface area contributed by atoms with Crippen LogP contribution in [-0.4, -0.2) is 71.3 Å². The smallest absolute Gasteiger partial charge is 0.161 e. The number of ketones is 1. The van der Waals surface area contributed by atoms with Crippen molar-refractivity contribution in [3.63, 3.8) is 0 Å². The second-order valence-electron chi connectivity index (χ2n) is 7.84. The van der Waals surface area contributed by atoms with E-state index in [1.165, 1.54) is 0 Å². The Morgan fingerprint density at radius 3 is 2.12 bits per heavy atom. The Kier molecular flexibility index (Phi) is 12.9. The van der Waals surface area contributed by atoms with Crippen LogP contribution in [0.4, 0.5) is 5.69 Å². The lowest BCUT2D eigenvalue weighted by Crippen LogP contribution is -2.46. The van der Waals surface area contributed by atoms with Gasteiger partial charge in [-0.1, -0.05) is 0 Å². The average molecular weight is 515 g/mol. The molecule has 0 unspecified atom stereocenters. The number of carbonyl (C=O) groups excluding carboxylic acids is 1.